The Labute approximate surface area is 156 Å². The number of carbonyl (C=O) groups is 1. The zero-order valence-electron chi connectivity index (χ0n) is 15.3. The molecule has 142 valence electrons. The van der Waals surface area contributed by atoms with Crippen LogP contribution >= 0.6 is 0 Å². The van der Waals surface area contributed by atoms with Gasteiger partial charge >= 0.3 is 0 Å². The molecular formula is C17H20N6O3S. The second kappa shape index (κ2) is 6.15. The number of fused-ring (bicyclic) bond motifs is 1. The van der Waals surface area contributed by atoms with Gasteiger partial charge in [-0.15, -0.1) is 0 Å². The molecule has 3 aromatic rings. The average molecular weight is 388 g/mol. The van der Waals surface area contributed by atoms with Crippen LogP contribution in [0.4, 0.5) is 5.82 Å². The van der Waals surface area contributed by atoms with Gasteiger partial charge in [-0.25, -0.2) is 18.1 Å². The summed E-state index contributed by atoms with van der Waals surface area (Å²) in [5.74, 6) is 0.349. The van der Waals surface area contributed by atoms with Crippen molar-refractivity contribution >= 4 is 32.6 Å². The van der Waals surface area contributed by atoms with Gasteiger partial charge in [0.15, 0.2) is 15.5 Å². The maximum Gasteiger partial charge on any atom is 0.258 e. The third kappa shape index (κ3) is 3.20. The van der Waals surface area contributed by atoms with E-state index in [1.807, 2.05) is 13.8 Å². The van der Waals surface area contributed by atoms with Crippen LogP contribution in [0.5, 0.6) is 0 Å². The smallest absolute Gasteiger partial charge is 0.258 e. The van der Waals surface area contributed by atoms with E-state index in [2.05, 4.69) is 20.5 Å². The molecule has 0 radical (unpaired) electrons. The number of carbonyl (C=O) groups excluding carboxylic acids is 1. The van der Waals surface area contributed by atoms with Gasteiger partial charge in [0, 0.05) is 24.7 Å². The first-order valence-corrected chi connectivity index (χ1v) is 10.4. The fraction of sp³-hybridized carbons (Fsp3) is 0.412. The predicted octanol–water partition coefficient (Wildman–Crippen LogP) is 1.39. The normalized spacial score (nSPS) is 18.9. The minimum atomic E-state index is -3.05. The van der Waals surface area contributed by atoms with Crippen LogP contribution in [0.25, 0.3) is 11.0 Å². The Morgan fingerprint density at radius 3 is 2.74 bits per heavy atom. The molecule has 0 saturated carbocycles. The van der Waals surface area contributed by atoms with Crippen LogP contribution in [0.2, 0.25) is 0 Å². The number of anilines is 1. The van der Waals surface area contributed by atoms with Gasteiger partial charge in [0.05, 0.1) is 34.5 Å². The molecule has 1 amide bonds. The molecule has 1 aliphatic rings. The van der Waals surface area contributed by atoms with Crippen molar-refractivity contribution < 1.29 is 13.2 Å². The number of pyridine rings is 1. The summed E-state index contributed by atoms with van der Waals surface area (Å²) < 4.78 is 26.9. The largest absolute Gasteiger partial charge is 0.307 e. The molecule has 1 saturated heterocycles. The zero-order chi connectivity index (χ0) is 19.3. The Bertz CT molecular complexity index is 1160. The molecule has 10 heteroatoms. The van der Waals surface area contributed by atoms with E-state index in [4.69, 9.17) is 0 Å². The molecule has 0 bridgehead atoms. The first-order valence-electron chi connectivity index (χ1n) is 8.61. The highest BCUT2D eigenvalue weighted by molar-refractivity contribution is 7.91. The van der Waals surface area contributed by atoms with Gasteiger partial charge in [-0.05, 0) is 26.3 Å². The van der Waals surface area contributed by atoms with Gasteiger partial charge in [-0.3, -0.25) is 9.48 Å². The van der Waals surface area contributed by atoms with E-state index in [9.17, 15) is 13.2 Å². The van der Waals surface area contributed by atoms with Crippen molar-refractivity contribution in [1.29, 1.82) is 0 Å². The first-order chi connectivity index (χ1) is 12.7. The van der Waals surface area contributed by atoms with Crippen molar-refractivity contribution in [2.75, 3.05) is 16.8 Å². The first kappa shape index (κ1) is 17.7. The molecule has 1 N–H and O–H groups in total. The third-order valence-corrected chi connectivity index (χ3v) is 6.53. The monoisotopic (exact) mass is 388 g/mol. The van der Waals surface area contributed by atoms with Gasteiger partial charge < -0.3 is 5.32 Å². The molecule has 4 heterocycles. The van der Waals surface area contributed by atoms with Gasteiger partial charge in [-0.2, -0.15) is 10.2 Å². The van der Waals surface area contributed by atoms with Crippen molar-refractivity contribution in [3.05, 3.63) is 35.3 Å². The van der Waals surface area contributed by atoms with Crippen LogP contribution in [0.3, 0.4) is 0 Å². The second-order valence-corrected chi connectivity index (χ2v) is 9.16. The number of hydrogen-bond donors (Lipinski definition) is 1. The molecule has 0 aromatic carbocycles. The van der Waals surface area contributed by atoms with E-state index in [-0.39, 0.29) is 23.5 Å². The van der Waals surface area contributed by atoms with Crippen molar-refractivity contribution in [1.82, 2.24) is 24.5 Å². The van der Waals surface area contributed by atoms with E-state index in [0.717, 1.165) is 11.1 Å². The minimum Gasteiger partial charge on any atom is -0.307 e. The highest BCUT2D eigenvalue weighted by Crippen LogP contribution is 2.27. The lowest BCUT2D eigenvalue weighted by Crippen LogP contribution is -2.19. The summed E-state index contributed by atoms with van der Waals surface area (Å²) in [5, 5.41) is 12.3. The van der Waals surface area contributed by atoms with Crippen LogP contribution in [0.15, 0.2) is 18.3 Å². The lowest BCUT2D eigenvalue weighted by atomic mass is 10.2. The van der Waals surface area contributed by atoms with Crippen LogP contribution in [0, 0.1) is 13.8 Å². The Balaban J connectivity index is 1.63. The van der Waals surface area contributed by atoms with Gasteiger partial charge in [0.25, 0.3) is 5.91 Å². The number of amides is 1. The zero-order valence-corrected chi connectivity index (χ0v) is 16.1. The Morgan fingerprint density at radius 2 is 2.04 bits per heavy atom. The number of sulfone groups is 1. The van der Waals surface area contributed by atoms with E-state index in [1.54, 1.807) is 28.5 Å². The molecule has 1 fully saturated rings. The van der Waals surface area contributed by atoms with E-state index < -0.39 is 9.84 Å². The Hall–Kier alpha value is -2.75. The molecule has 27 heavy (non-hydrogen) atoms. The minimum absolute atomic E-state index is 0.0411. The number of nitrogens with zero attached hydrogens (tertiary/aromatic N) is 5. The average Bonchev–Trinajstić information content (AvgIpc) is 3.23. The third-order valence-electron chi connectivity index (χ3n) is 4.78. The quantitative estimate of drug-likeness (QED) is 0.726. The summed E-state index contributed by atoms with van der Waals surface area (Å²) in [6, 6.07) is 3.23. The fourth-order valence-electron chi connectivity index (χ4n) is 3.48. The molecule has 0 unspecified atom stereocenters. The number of hydrogen-bond acceptors (Lipinski definition) is 6. The molecule has 3 aromatic heterocycles. The van der Waals surface area contributed by atoms with Crippen molar-refractivity contribution in [3.8, 4) is 0 Å². The van der Waals surface area contributed by atoms with Crippen LogP contribution in [0.1, 0.15) is 34.2 Å². The molecule has 0 spiro atoms. The van der Waals surface area contributed by atoms with Crippen molar-refractivity contribution in [2.24, 2.45) is 7.05 Å². The molecular weight excluding hydrogens is 368 g/mol. The molecule has 1 aliphatic heterocycles. The van der Waals surface area contributed by atoms with Gasteiger partial charge in [0.2, 0.25) is 0 Å². The SMILES string of the molecule is Cc1cc(NC(=O)c2cnc3c(c2)c(C)nn3C)n([C@@H]2CCS(=O)(=O)C2)n1. The number of aryl methyl sites for hydroxylation is 3. The second-order valence-electron chi connectivity index (χ2n) is 6.93. The summed E-state index contributed by atoms with van der Waals surface area (Å²) in [4.78, 5) is 17.1. The number of nitrogens with one attached hydrogen (secondary N) is 1. The fourth-order valence-corrected chi connectivity index (χ4v) is 5.17. The topological polar surface area (TPSA) is 112 Å². The van der Waals surface area contributed by atoms with Crippen molar-refractivity contribution in [2.45, 2.75) is 26.3 Å². The van der Waals surface area contributed by atoms with Gasteiger partial charge in [-0.1, -0.05) is 0 Å². The van der Waals surface area contributed by atoms with E-state index in [1.165, 1.54) is 6.20 Å². The molecule has 4 rings (SSSR count). The maximum atomic E-state index is 12.7. The summed E-state index contributed by atoms with van der Waals surface area (Å²) in [5.41, 5.74) is 2.63. The van der Waals surface area contributed by atoms with Crippen LogP contribution in [-0.4, -0.2) is 50.4 Å². The predicted molar refractivity (Wildman–Crippen MR) is 100 cm³/mol. The molecule has 0 aliphatic carbocycles. The molecule has 9 nitrogen and oxygen atoms in total. The van der Waals surface area contributed by atoms with Gasteiger partial charge in [0.1, 0.15) is 5.82 Å². The summed E-state index contributed by atoms with van der Waals surface area (Å²) in [6.07, 6.45) is 2.00. The number of aromatic nitrogens is 5. The Morgan fingerprint density at radius 1 is 1.26 bits per heavy atom. The highest BCUT2D eigenvalue weighted by Gasteiger charge is 2.31. The molecule has 1 atom stereocenters. The lowest BCUT2D eigenvalue weighted by molar-refractivity contribution is 0.102. The van der Waals surface area contributed by atoms with Crippen LogP contribution < -0.4 is 5.32 Å². The van der Waals surface area contributed by atoms with Crippen molar-refractivity contribution in [3.63, 3.8) is 0 Å². The summed E-state index contributed by atoms with van der Waals surface area (Å²) in [6.45, 7) is 3.67. The summed E-state index contributed by atoms with van der Waals surface area (Å²) >= 11 is 0. The highest BCUT2D eigenvalue weighted by atomic mass is 32.2. The van der Waals surface area contributed by atoms with Crippen LogP contribution in [-0.2, 0) is 16.9 Å². The Kier molecular flexibility index (Phi) is 4.02. The van der Waals surface area contributed by atoms with E-state index in [0.29, 0.717) is 29.1 Å². The standard InChI is InChI=1S/C17H20N6O3S/c1-10-6-15(23(20-10)13-4-5-27(25,26)9-13)19-17(24)12-7-14-11(2)21-22(3)16(14)18-8-12/h6-8,13H,4-5,9H2,1-3H3,(H,19,24)/t13-/m1/s1. The lowest BCUT2D eigenvalue weighted by Gasteiger charge is -2.13. The number of rotatable bonds is 3. The van der Waals surface area contributed by atoms with E-state index >= 15 is 0 Å². The summed E-state index contributed by atoms with van der Waals surface area (Å²) in [7, 11) is -1.25. The maximum absolute atomic E-state index is 12.7.